The molecule has 0 saturated heterocycles. The fraction of sp³-hybridized carbons (Fsp3) is 0.333. The Morgan fingerprint density at radius 1 is 1.15 bits per heavy atom. The molecule has 2 aromatic rings. The number of amides is 1. The summed E-state index contributed by atoms with van der Waals surface area (Å²) in [7, 11) is 0. The summed E-state index contributed by atoms with van der Waals surface area (Å²) in [4.78, 5) is 22.8. The molecular formula is C15H14F3N3O5. The first-order chi connectivity index (χ1) is 12.3. The van der Waals surface area contributed by atoms with Gasteiger partial charge in [0.1, 0.15) is 5.75 Å². The average molecular weight is 373 g/mol. The Kier molecular flexibility index (Phi) is 6.15. The Morgan fingerprint density at radius 2 is 1.85 bits per heavy atom. The average Bonchev–Trinajstić information content (AvgIpc) is 3.01. The van der Waals surface area contributed by atoms with Crippen molar-refractivity contribution in [2.75, 3.05) is 11.9 Å². The maximum Gasteiger partial charge on any atom is 0.573 e. The molecule has 0 aliphatic carbocycles. The predicted octanol–water partition coefficient (Wildman–Crippen LogP) is 2.92. The number of carbonyl (C=O) groups excluding carboxylic acids is 2. The largest absolute Gasteiger partial charge is 0.573 e. The molecule has 8 nitrogen and oxygen atoms in total. The van der Waals surface area contributed by atoms with E-state index in [1.165, 1.54) is 12.1 Å². The van der Waals surface area contributed by atoms with Crippen molar-refractivity contribution in [2.24, 2.45) is 0 Å². The summed E-state index contributed by atoms with van der Waals surface area (Å²) >= 11 is 0. The fourth-order valence-corrected chi connectivity index (χ4v) is 1.82. The van der Waals surface area contributed by atoms with Gasteiger partial charge in [0.25, 0.3) is 0 Å². The number of aromatic nitrogens is 2. The van der Waals surface area contributed by atoms with Crippen LogP contribution in [-0.2, 0) is 14.3 Å². The second kappa shape index (κ2) is 8.32. The Hall–Kier alpha value is -3.11. The van der Waals surface area contributed by atoms with Crippen molar-refractivity contribution in [3.05, 3.63) is 24.3 Å². The van der Waals surface area contributed by atoms with Crippen molar-refractivity contribution in [1.82, 2.24) is 10.2 Å². The van der Waals surface area contributed by atoms with Gasteiger partial charge in [0, 0.05) is 12.0 Å². The molecule has 0 radical (unpaired) electrons. The normalized spacial score (nSPS) is 11.1. The van der Waals surface area contributed by atoms with Gasteiger partial charge in [-0.15, -0.1) is 18.3 Å². The van der Waals surface area contributed by atoms with Crippen molar-refractivity contribution >= 4 is 17.9 Å². The molecule has 11 heteroatoms. The van der Waals surface area contributed by atoms with E-state index in [4.69, 9.17) is 9.15 Å². The lowest BCUT2D eigenvalue weighted by atomic mass is 10.2. The molecule has 1 aromatic heterocycles. The standard InChI is InChI=1S/C15H14F3N3O5/c1-2-24-12(23)8-7-11(22)19-14-21-20-13(25-14)9-3-5-10(6-4-9)26-15(16,17)18/h3-6H,2,7-8H2,1H3,(H,19,21,22). The third-order valence-electron chi connectivity index (χ3n) is 2.87. The van der Waals surface area contributed by atoms with Crippen molar-refractivity contribution in [3.63, 3.8) is 0 Å². The smallest absolute Gasteiger partial charge is 0.466 e. The Bertz CT molecular complexity index is 759. The second-order valence-corrected chi connectivity index (χ2v) is 4.84. The summed E-state index contributed by atoms with van der Waals surface area (Å²) in [6.07, 6.45) is -5.01. The van der Waals surface area contributed by atoms with Crippen molar-refractivity contribution < 1.29 is 36.7 Å². The Balaban J connectivity index is 1.92. The van der Waals surface area contributed by atoms with Gasteiger partial charge >= 0.3 is 18.3 Å². The van der Waals surface area contributed by atoms with Gasteiger partial charge in [-0.05, 0) is 31.2 Å². The highest BCUT2D eigenvalue weighted by Gasteiger charge is 2.31. The van der Waals surface area contributed by atoms with Crippen LogP contribution in [0.5, 0.6) is 5.75 Å². The summed E-state index contributed by atoms with van der Waals surface area (Å²) in [6, 6.07) is 4.56. The van der Waals surface area contributed by atoms with Gasteiger partial charge in [0.15, 0.2) is 0 Å². The van der Waals surface area contributed by atoms with Crippen LogP contribution in [0.25, 0.3) is 11.5 Å². The van der Waals surface area contributed by atoms with E-state index in [1.807, 2.05) is 0 Å². The molecule has 26 heavy (non-hydrogen) atoms. The molecule has 140 valence electrons. The zero-order chi connectivity index (χ0) is 19.2. The molecule has 0 unspecified atom stereocenters. The van der Waals surface area contributed by atoms with E-state index in [1.54, 1.807) is 6.92 Å². The molecule has 1 amide bonds. The van der Waals surface area contributed by atoms with E-state index in [0.29, 0.717) is 5.56 Å². The molecule has 0 aliphatic heterocycles. The van der Waals surface area contributed by atoms with Gasteiger partial charge in [-0.2, -0.15) is 0 Å². The van der Waals surface area contributed by atoms with Crippen LogP contribution < -0.4 is 10.1 Å². The molecule has 1 N–H and O–H groups in total. The van der Waals surface area contributed by atoms with Gasteiger partial charge in [0.05, 0.1) is 13.0 Å². The lowest BCUT2D eigenvalue weighted by molar-refractivity contribution is -0.274. The SMILES string of the molecule is CCOC(=O)CCC(=O)Nc1nnc(-c2ccc(OC(F)(F)F)cc2)o1. The molecule has 0 fully saturated rings. The minimum atomic E-state index is -4.78. The van der Waals surface area contributed by atoms with Gasteiger partial charge in [-0.3, -0.25) is 14.9 Å². The molecule has 0 bridgehead atoms. The molecule has 0 aliphatic rings. The molecule has 2 rings (SSSR count). The zero-order valence-corrected chi connectivity index (χ0v) is 13.5. The van der Waals surface area contributed by atoms with Crippen LogP contribution in [0.1, 0.15) is 19.8 Å². The van der Waals surface area contributed by atoms with Crippen molar-refractivity contribution in [1.29, 1.82) is 0 Å². The third-order valence-corrected chi connectivity index (χ3v) is 2.87. The van der Waals surface area contributed by atoms with E-state index < -0.39 is 24.0 Å². The van der Waals surface area contributed by atoms with Crippen LogP contribution in [0.2, 0.25) is 0 Å². The first-order valence-electron chi connectivity index (χ1n) is 7.42. The van der Waals surface area contributed by atoms with E-state index in [2.05, 4.69) is 20.3 Å². The number of rotatable bonds is 7. The van der Waals surface area contributed by atoms with Crippen LogP contribution in [0, 0.1) is 0 Å². The van der Waals surface area contributed by atoms with Gasteiger partial charge in [-0.25, -0.2) is 0 Å². The lowest BCUT2D eigenvalue weighted by Crippen LogP contribution is -2.16. The molecular weight excluding hydrogens is 359 g/mol. The number of halogens is 3. The maximum absolute atomic E-state index is 12.1. The van der Waals surface area contributed by atoms with Crippen molar-refractivity contribution in [3.8, 4) is 17.2 Å². The minimum absolute atomic E-state index is 0.00995. The first-order valence-corrected chi connectivity index (χ1v) is 7.42. The van der Waals surface area contributed by atoms with Gasteiger partial charge in [-0.1, -0.05) is 5.10 Å². The van der Waals surface area contributed by atoms with E-state index in [0.717, 1.165) is 12.1 Å². The predicted molar refractivity (Wildman–Crippen MR) is 80.9 cm³/mol. The van der Waals surface area contributed by atoms with Gasteiger partial charge < -0.3 is 13.9 Å². The minimum Gasteiger partial charge on any atom is -0.466 e. The highest BCUT2D eigenvalue weighted by molar-refractivity contribution is 5.90. The van der Waals surface area contributed by atoms with E-state index in [-0.39, 0.29) is 31.4 Å². The molecule has 1 heterocycles. The topological polar surface area (TPSA) is 104 Å². The monoisotopic (exact) mass is 373 g/mol. The summed E-state index contributed by atoms with van der Waals surface area (Å²) in [6.45, 7) is 1.87. The van der Waals surface area contributed by atoms with E-state index >= 15 is 0 Å². The number of esters is 1. The Morgan fingerprint density at radius 3 is 2.46 bits per heavy atom. The van der Waals surface area contributed by atoms with Crippen molar-refractivity contribution in [2.45, 2.75) is 26.1 Å². The molecule has 0 saturated carbocycles. The number of hydrogen-bond acceptors (Lipinski definition) is 7. The van der Waals surface area contributed by atoms with Crippen LogP contribution in [0.15, 0.2) is 28.7 Å². The van der Waals surface area contributed by atoms with Crippen LogP contribution in [0.3, 0.4) is 0 Å². The molecule has 0 atom stereocenters. The molecule has 1 aromatic carbocycles. The van der Waals surface area contributed by atoms with Crippen LogP contribution in [0.4, 0.5) is 19.2 Å². The number of hydrogen-bond donors (Lipinski definition) is 1. The summed E-state index contributed by atoms with van der Waals surface area (Å²) in [5.74, 6) is -1.44. The number of carbonyl (C=O) groups is 2. The van der Waals surface area contributed by atoms with Crippen LogP contribution >= 0.6 is 0 Å². The fourth-order valence-electron chi connectivity index (χ4n) is 1.82. The number of nitrogens with one attached hydrogen (secondary N) is 1. The first kappa shape index (κ1) is 19.2. The summed E-state index contributed by atoms with van der Waals surface area (Å²) in [5.41, 5.74) is 0.332. The second-order valence-electron chi connectivity index (χ2n) is 4.84. The highest BCUT2D eigenvalue weighted by Crippen LogP contribution is 2.26. The number of ether oxygens (including phenoxy) is 2. The summed E-state index contributed by atoms with van der Waals surface area (Å²) in [5, 5.41) is 9.60. The lowest BCUT2D eigenvalue weighted by Gasteiger charge is -2.08. The molecule has 0 spiro atoms. The van der Waals surface area contributed by atoms with E-state index in [9.17, 15) is 22.8 Å². The number of benzene rings is 1. The number of anilines is 1. The Labute approximate surface area is 145 Å². The highest BCUT2D eigenvalue weighted by atomic mass is 19.4. The summed E-state index contributed by atoms with van der Waals surface area (Å²) < 4.78 is 50.0. The number of alkyl halides is 3. The van der Waals surface area contributed by atoms with Crippen LogP contribution in [-0.4, -0.2) is 35.0 Å². The number of nitrogens with zero attached hydrogens (tertiary/aromatic N) is 2. The quantitative estimate of drug-likeness (QED) is 0.744. The maximum atomic E-state index is 12.1. The third kappa shape index (κ3) is 6.07. The van der Waals surface area contributed by atoms with Gasteiger partial charge in [0.2, 0.25) is 11.8 Å². The zero-order valence-electron chi connectivity index (χ0n) is 13.5.